The number of ether oxygens (including phenoxy) is 1. The zero-order chi connectivity index (χ0) is 14.3. The largest absolute Gasteiger partial charge is 0.383 e. The smallest absolute Gasteiger partial charge is 0.273 e. The molecule has 116 valence electrons. The molecule has 0 aliphatic rings. The van der Waals surface area contributed by atoms with Gasteiger partial charge in [0.25, 0.3) is 12.3 Å². The van der Waals surface area contributed by atoms with Crippen LogP contribution in [-0.4, -0.2) is 55.6 Å². The quantitative estimate of drug-likeness (QED) is 0.783. The van der Waals surface area contributed by atoms with Gasteiger partial charge in [0, 0.05) is 25.5 Å². The molecule has 20 heavy (non-hydrogen) atoms. The number of rotatable bonds is 8. The first-order valence-electron chi connectivity index (χ1n) is 5.79. The molecule has 0 bridgehead atoms. The van der Waals surface area contributed by atoms with Crippen molar-refractivity contribution in [2.45, 2.75) is 12.8 Å². The summed E-state index contributed by atoms with van der Waals surface area (Å²) in [5, 5.41) is 2.30. The van der Waals surface area contributed by atoms with Crippen LogP contribution in [0, 0.1) is 0 Å². The van der Waals surface area contributed by atoms with E-state index in [2.05, 4.69) is 4.98 Å². The van der Waals surface area contributed by atoms with E-state index in [-0.39, 0.29) is 31.3 Å². The van der Waals surface area contributed by atoms with E-state index in [1.165, 1.54) is 18.4 Å². The first kappa shape index (κ1) is 19.2. The van der Waals surface area contributed by atoms with E-state index in [0.717, 1.165) is 9.91 Å². The molecule has 5 nitrogen and oxygen atoms in total. The van der Waals surface area contributed by atoms with Crippen LogP contribution >= 0.6 is 23.7 Å². The summed E-state index contributed by atoms with van der Waals surface area (Å²) in [4.78, 5) is 17.2. The van der Waals surface area contributed by atoms with Gasteiger partial charge in [-0.25, -0.2) is 13.8 Å². The minimum Gasteiger partial charge on any atom is -0.383 e. The highest BCUT2D eigenvalue weighted by Gasteiger charge is 2.21. The molecule has 0 saturated carbocycles. The van der Waals surface area contributed by atoms with Crippen molar-refractivity contribution in [3.05, 3.63) is 16.1 Å². The number of alkyl halides is 2. The Kier molecular flexibility index (Phi) is 9.56. The van der Waals surface area contributed by atoms with Gasteiger partial charge >= 0.3 is 0 Å². The molecule has 9 heteroatoms. The van der Waals surface area contributed by atoms with Crippen LogP contribution in [0.15, 0.2) is 5.38 Å². The van der Waals surface area contributed by atoms with Crippen molar-refractivity contribution in [3.63, 3.8) is 0 Å². The van der Waals surface area contributed by atoms with Gasteiger partial charge in [0.15, 0.2) is 0 Å². The predicted molar refractivity (Wildman–Crippen MR) is 75.9 cm³/mol. The van der Waals surface area contributed by atoms with Crippen LogP contribution in [0.2, 0.25) is 0 Å². The lowest BCUT2D eigenvalue weighted by molar-refractivity contribution is 0.0474. The van der Waals surface area contributed by atoms with Gasteiger partial charge < -0.3 is 15.4 Å². The summed E-state index contributed by atoms with van der Waals surface area (Å²) in [6, 6.07) is 0. The maximum atomic E-state index is 12.4. The standard InChI is InChI=1S/C11H17F2N3O2S.ClH/c1-18-5-4-16(6-9(12)13)11(17)8-7-19-10(15-8)2-3-14;/h7,9H,2-6,14H2,1H3;1H. The third-order valence-corrected chi connectivity index (χ3v) is 3.25. The first-order valence-corrected chi connectivity index (χ1v) is 6.67. The van der Waals surface area contributed by atoms with Crippen molar-refractivity contribution in [3.8, 4) is 0 Å². The summed E-state index contributed by atoms with van der Waals surface area (Å²) in [6.45, 7) is 0.138. The molecule has 0 unspecified atom stereocenters. The van der Waals surface area contributed by atoms with Gasteiger partial charge in [0.1, 0.15) is 5.69 Å². The van der Waals surface area contributed by atoms with E-state index in [1.807, 2.05) is 0 Å². The van der Waals surface area contributed by atoms with E-state index >= 15 is 0 Å². The van der Waals surface area contributed by atoms with Crippen molar-refractivity contribution in [1.82, 2.24) is 9.88 Å². The first-order chi connectivity index (χ1) is 9.08. The maximum absolute atomic E-state index is 12.4. The normalized spacial score (nSPS) is 10.4. The summed E-state index contributed by atoms with van der Waals surface area (Å²) in [5.41, 5.74) is 5.58. The average Bonchev–Trinajstić information content (AvgIpc) is 2.82. The van der Waals surface area contributed by atoms with Gasteiger partial charge in [-0.1, -0.05) is 0 Å². The molecule has 0 atom stereocenters. The monoisotopic (exact) mass is 329 g/mol. The Morgan fingerprint density at radius 2 is 2.30 bits per heavy atom. The summed E-state index contributed by atoms with van der Waals surface area (Å²) < 4.78 is 29.7. The molecule has 0 radical (unpaired) electrons. The molecule has 0 aliphatic carbocycles. The summed E-state index contributed by atoms with van der Waals surface area (Å²) in [6.07, 6.45) is -2.01. The van der Waals surface area contributed by atoms with Crippen molar-refractivity contribution in [1.29, 1.82) is 0 Å². The third kappa shape index (κ3) is 6.08. The molecule has 1 aromatic rings. The number of methoxy groups -OCH3 is 1. The lowest BCUT2D eigenvalue weighted by atomic mass is 10.3. The molecule has 1 aromatic heterocycles. The van der Waals surface area contributed by atoms with Crippen LogP contribution in [0.5, 0.6) is 0 Å². The molecule has 0 fully saturated rings. The van der Waals surface area contributed by atoms with E-state index < -0.39 is 18.9 Å². The van der Waals surface area contributed by atoms with E-state index in [1.54, 1.807) is 5.38 Å². The fourth-order valence-electron chi connectivity index (χ4n) is 1.45. The minimum absolute atomic E-state index is 0. The van der Waals surface area contributed by atoms with E-state index in [4.69, 9.17) is 10.5 Å². The van der Waals surface area contributed by atoms with Crippen molar-refractivity contribution in [2.75, 3.05) is 33.4 Å². The SMILES string of the molecule is COCCN(CC(F)F)C(=O)c1csc(CCN)n1.Cl. The molecule has 1 rings (SSSR count). The highest BCUT2D eigenvalue weighted by Crippen LogP contribution is 2.13. The highest BCUT2D eigenvalue weighted by molar-refractivity contribution is 7.09. The van der Waals surface area contributed by atoms with Gasteiger partial charge in [0.05, 0.1) is 18.2 Å². The molecule has 0 saturated heterocycles. The summed E-state index contributed by atoms with van der Waals surface area (Å²) in [7, 11) is 1.45. The second kappa shape index (κ2) is 9.98. The maximum Gasteiger partial charge on any atom is 0.273 e. The number of hydrogen-bond donors (Lipinski definition) is 1. The molecular weight excluding hydrogens is 312 g/mol. The number of hydrogen-bond acceptors (Lipinski definition) is 5. The fraction of sp³-hybridized carbons (Fsp3) is 0.636. The van der Waals surface area contributed by atoms with Crippen LogP contribution in [-0.2, 0) is 11.2 Å². The Morgan fingerprint density at radius 3 is 2.85 bits per heavy atom. The Morgan fingerprint density at radius 1 is 1.60 bits per heavy atom. The number of aromatic nitrogens is 1. The van der Waals surface area contributed by atoms with Crippen LogP contribution < -0.4 is 5.73 Å². The number of amides is 1. The van der Waals surface area contributed by atoms with Crippen molar-refractivity contribution in [2.24, 2.45) is 5.73 Å². The molecule has 0 aromatic carbocycles. The number of thiazole rings is 1. The molecule has 0 spiro atoms. The Labute approximate surface area is 126 Å². The average molecular weight is 330 g/mol. The van der Waals surface area contributed by atoms with Crippen molar-refractivity contribution < 1.29 is 18.3 Å². The second-order valence-corrected chi connectivity index (χ2v) is 4.74. The molecule has 1 amide bonds. The highest BCUT2D eigenvalue weighted by atomic mass is 35.5. The zero-order valence-electron chi connectivity index (χ0n) is 11.1. The zero-order valence-corrected chi connectivity index (χ0v) is 12.7. The Hall–Kier alpha value is -0.830. The van der Waals surface area contributed by atoms with Crippen LogP contribution in [0.3, 0.4) is 0 Å². The number of halogens is 3. The van der Waals surface area contributed by atoms with Crippen molar-refractivity contribution >= 4 is 29.7 Å². The van der Waals surface area contributed by atoms with Crippen LogP contribution in [0.1, 0.15) is 15.5 Å². The van der Waals surface area contributed by atoms with Gasteiger partial charge in [-0.2, -0.15) is 0 Å². The minimum atomic E-state index is -2.58. The summed E-state index contributed by atoms with van der Waals surface area (Å²) in [5.74, 6) is -0.503. The number of carbonyl (C=O) groups is 1. The van der Waals surface area contributed by atoms with E-state index in [9.17, 15) is 13.6 Å². The molecule has 2 N–H and O–H groups in total. The lowest BCUT2D eigenvalue weighted by Gasteiger charge is -2.20. The summed E-state index contributed by atoms with van der Waals surface area (Å²) >= 11 is 1.31. The Bertz CT molecular complexity index is 407. The number of nitrogens with two attached hydrogens (primary N) is 1. The topological polar surface area (TPSA) is 68.5 Å². The number of carbonyl (C=O) groups excluding carboxylic acids is 1. The lowest BCUT2D eigenvalue weighted by Crippen LogP contribution is -2.37. The van der Waals surface area contributed by atoms with Gasteiger partial charge in [-0.3, -0.25) is 4.79 Å². The second-order valence-electron chi connectivity index (χ2n) is 3.80. The third-order valence-electron chi connectivity index (χ3n) is 2.34. The number of nitrogens with zero attached hydrogens (tertiary/aromatic N) is 2. The van der Waals surface area contributed by atoms with Gasteiger partial charge in [-0.15, -0.1) is 23.7 Å². The Balaban J connectivity index is 0.00000361. The van der Waals surface area contributed by atoms with Gasteiger partial charge in [0.2, 0.25) is 0 Å². The molecule has 1 heterocycles. The van der Waals surface area contributed by atoms with E-state index in [0.29, 0.717) is 13.0 Å². The van der Waals surface area contributed by atoms with Gasteiger partial charge in [-0.05, 0) is 6.54 Å². The molecular formula is C11H18ClF2N3O2S. The predicted octanol–water partition coefficient (Wildman–Crippen LogP) is 1.42. The van der Waals surface area contributed by atoms with Crippen LogP contribution in [0.4, 0.5) is 8.78 Å². The fourth-order valence-corrected chi connectivity index (χ4v) is 2.24. The van der Waals surface area contributed by atoms with Crippen LogP contribution in [0.25, 0.3) is 0 Å². The molecule has 0 aliphatic heterocycles.